The maximum absolute atomic E-state index is 13.0. The number of methoxy groups -OCH3 is 1. The standard InChI is InChI=1S/C12H7FN4O/c1-18-12-4-9(13)2-3-10(12)17-11(7-16)8(5-14)6-15/h2-4,17H,1H3. The number of nitrogens with zero attached hydrogens (tertiary/aromatic N) is 3. The van der Waals surface area contributed by atoms with Gasteiger partial charge in [-0.15, -0.1) is 0 Å². The van der Waals surface area contributed by atoms with E-state index in [4.69, 9.17) is 20.5 Å². The van der Waals surface area contributed by atoms with E-state index in [9.17, 15) is 4.39 Å². The quantitative estimate of drug-likeness (QED) is 0.819. The van der Waals surface area contributed by atoms with Crippen molar-refractivity contribution in [2.75, 3.05) is 12.4 Å². The number of rotatable bonds is 3. The summed E-state index contributed by atoms with van der Waals surface area (Å²) in [6.45, 7) is 0. The van der Waals surface area contributed by atoms with E-state index in [0.29, 0.717) is 5.69 Å². The predicted molar refractivity (Wildman–Crippen MR) is 60.4 cm³/mol. The van der Waals surface area contributed by atoms with Gasteiger partial charge in [-0.3, -0.25) is 0 Å². The third kappa shape index (κ3) is 2.75. The lowest BCUT2D eigenvalue weighted by molar-refractivity contribution is 0.413. The molecule has 6 heteroatoms. The number of ether oxygens (including phenoxy) is 1. The van der Waals surface area contributed by atoms with E-state index in [1.54, 1.807) is 18.2 Å². The van der Waals surface area contributed by atoms with Gasteiger partial charge in [0.2, 0.25) is 0 Å². The Bertz CT molecular complexity index is 600. The van der Waals surface area contributed by atoms with E-state index in [1.807, 2.05) is 0 Å². The third-order valence-electron chi connectivity index (χ3n) is 2.01. The van der Waals surface area contributed by atoms with Gasteiger partial charge in [-0.25, -0.2) is 4.39 Å². The van der Waals surface area contributed by atoms with Gasteiger partial charge < -0.3 is 10.1 Å². The first-order chi connectivity index (χ1) is 8.65. The van der Waals surface area contributed by atoms with Crippen LogP contribution < -0.4 is 10.1 Å². The number of halogens is 1. The summed E-state index contributed by atoms with van der Waals surface area (Å²) in [7, 11) is 1.34. The molecule has 0 bridgehead atoms. The summed E-state index contributed by atoms with van der Waals surface area (Å²) in [5.74, 6) is -0.335. The van der Waals surface area contributed by atoms with Crippen LogP contribution in [0.2, 0.25) is 0 Å². The molecule has 5 nitrogen and oxygen atoms in total. The number of hydrogen-bond donors (Lipinski definition) is 1. The third-order valence-corrected chi connectivity index (χ3v) is 2.01. The minimum absolute atomic E-state index is 0.165. The molecule has 0 heterocycles. The topological polar surface area (TPSA) is 92.6 Å². The van der Waals surface area contributed by atoms with Gasteiger partial charge in [-0.1, -0.05) is 0 Å². The molecule has 1 N–H and O–H groups in total. The first-order valence-electron chi connectivity index (χ1n) is 4.71. The fourth-order valence-corrected chi connectivity index (χ4v) is 1.19. The molecule has 0 aromatic heterocycles. The van der Waals surface area contributed by atoms with E-state index in [0.717, 1.165) is 12.1 Å². The van der Waals surface area contributed by atoms with Crippen LogP contribution in [0.5, 0.6) is 5.75 Å². The molecule has 1 aromatic carbocycles. The van der Waals surface area contributed by atoms with Crippen LogP contribution in [0.15, 0.2) is 29.5 Å². The highest BCUT2D eigenvalue weighted by Crippen LogP contribution is 2.26. The number of benzene rings is 1. The van der Waals surface area contributed by atoms with Crippen LogP contribution in [0.1, 0.15) is 0 Å². The molecule has 0 aliphatic heterocycles. The lowest BCUT2D eigenvalue weighted by Gasteiger charge is -2.09. The Labute approximate surface area is 103 Å². The molecular formula is C12H7FN4O. The molecule has 0 spiro atoms. The number of allylic oxidation sites excluding steroid dienone is 2. The van der Waals surface area contributed by atoms with Crippen molar-refractivity contribution in [1.82, 2.24) is 0 Å². The van der Waals surface area contributed by atoms with Crippen molar-refractivity contribution in [2.24, 2.45) is 0 Å². The molecule has 0 saturated carbocycles. The second kappa shape index (κ2) is 5.89. The summed E-state index contributed by atoms with van der Waals surface area (Å²) >= 11 is 0. The molecule has 0 fully saturated rings. The van der Waals surface area contributed by atoms with Gasteiger partial charge in [-0.2, -0.15) is 15.8 Å². The average Bonchev–Trinajstić information content (AvgIpc) is 2.40. The summed E-state index contributed by atoms with van der Waals surface area (Å²) in [5, 5.41) is 28.7. The zero-order valence-corrected chi connectivity index (χ0v) is 9.36. The van der Waals surface area contributed by atoms with Crippen molar-refractivity contribution in [3.05, 3.63) is 35.3 Å². The fourth-order valence-electron chi connectivity index (χ4n) is 1.19. The molecule has 18 heavy (non-hydrogen) atoms. The Morgan fingerprint density at radius 1 is 1.22 bits per heavy atom. The van der Waals surface area contributed by atoms with Crippen LogP contribution in [0.3, 0.4) is 0 Å². The van der Waals surface area contributed by atoms with E-state index in [-0.39, 0.29) is 17.0 Å². The molecule has 0 saturated heterocycles. The SMILES string of the molecule is COc1cc(F)ccc1NC(C#N)=C(C#N)C#N. The first kappa shape index (κ1) is 13.0. The monoisotopic (exact) mass is 242 g/mol. The number of anilines is 1. The molecular weight excluding hydrogens is 235 g/mol. The zero-order valence-electron chi connectivity index (χ0n) is 9.36. The highest BCUT2D eigenvalue weighted by atomic mass is 19.1. The molecule has 1 rings (SSSR count). The van der Waals surface area contributed by atoms with Gasteiger partial charge in [0.05, 0.1) is 12.8 Å². The normalized spacial score (nSPS) is 8.39. The Balaban J connectivity index is 3.21. The average molecular weight is 242 g/mol. The lowest BCUT2D eigenvalue weighted by Crippen LogP contribution is -2.02. The van der Waals surface area contributed by atoms with Crippen molar-refractivity contribution in [2.45, 2.75) is 0 Å². The molecule has 0 amide bonds. The van der Waals surface area contributed by atoms with Crippen molar-refractivity contribution >= 4 is 5.69 Å². The molecule has 88 valence electrons. The van der Waals surface area contributed by atoms with E-state index >= 15 is 0 Å². The summed E-state index contributed by atoms with van der Waals surface area (Å²) < 4.78 is 17.9. The fraction of sp³-hybridized carbons (Fsp3) is 0.0833. The summed E-state index contributed by atoms with van der Waals surface area (Å²) in [6.07, 6.45) is 0. The van der Waals surface area contributed by atoms with E-state index in [1.165, 1.54) is 13.2 Å². The largest absolute Gasteiger partial charge is 0.494 e. The number of hydrogen-bond acceptors (Lipinski definition) is 5. The molecule has 0 aliphatic rings. The minimum Gasteiger partial charge on any atom is -0.494 e. The van der Waals surface area contributed by atoms with Crippen molar-refractivity contribution < 1.29 is 9.13 Å². The lowest BCUT2D eigenvalue weighted by atomic mass is 10.2. The van der Waals surface area contributed by atoms with Crippen molar-refractivity contribution in [3.63, 3.8) is 0 Å². The van der Waals surface area contributed by atoms with Crippen LogP contribution in [0, 0.1) is 39.8 Å². The Hall–Kier alpha value is -3.04. The van der Waals surface area contributed by atoms with Crippen molar-refractivity contribution in [3.8, 4) is 24.0 Å². The predicted octanol–water partition coefficient (Wildman–Crippen LogP) is 2.07. The summed E-state index contributed by atoms with van der Waals surface area (Å²) in [4.78, 5) is 0. The molecule has 0 aliphatic carbocycles. The van der Waals surface area contributed by atoms with Crippen LogP contribution in [0.4, 0.5) is 10.1 Å². The molecule has 0 atom stereocenters. The maximum Gasteiger partial charge on any atom is 0.163 e. The van der Waals surface area contributed by atoms with E-state index in [2.05, 4.69) is 5.32 Å². The Kier molecular flexibility index (Phi) is 4.26. The van der Waals surface area contributed by atoms with Crippen LogP contribution in [-0.2, 0) is 0 Å². The van der Waals surface area contributed by atoms with Crippen molar-refractivity contribution in [1.29, 1.82) is 15.8 Å². The van der Waals surface area contributed by atoms with Gasteiger partial charge in [0.1, 0.15) is 35.5 Å². The van der Waals surface area contributed by atoms with Crippen LogP contribution in [0.25, 0.3) is 0 Å². The minimum atomic E-state index is -0.499. The maximum atomic E-state index is 13.0. The van der Waals surface area contributed by atoms with Crippen LogP contribution >= 0.6 is 0 Å². The van der Waals surface area contributed by atoms with Gasteiger partial charge >= 0.3 is 0 Å². The molecule has 1 aromatic rings. The van der Waals surface area contributed by atoms with Gasteiger partial charge in [0.25, 0.3) is 0 Å². The molecule has 0 unspecified atom stereocenters. The van der Waals surface area contributed by atoms with E-state index < -0.39 is 5.82 Å². The highest BCUT2D eigenvalue weighted by Gasteiger charge is 2.10. The summed E-state index contributed by atoms with van der Waals surface area (Å²) in [6, 6.07) is 8.50. The number of nitriles is 3. The Morgan fingerprint density at radius 2 is 1.89 bits per heavy atom. The smallest absolute Gasteiger partial charge is 0.163 e. The second-order valence-corrected chi connectivity index (χ2v) is 3.06. The number of nitrogens with one attached hydrogen (secondary N) is 1. The van der Waals surface area contributed by atoms with Gasteiger partial charge in [0, 0.05) is 6.07 Å². The van der Waals surface area contributed by atoms with Crippen LogP contribution in [-0.4, -0.2) is 7.11 Å². The van der Waals surface area contributed by atoms with Gasteiger partial charge in [-0.05, 0) is 12.1 Å². The highest BCUT2D eigenvalue weighted by molar-refractivity contribution is 5.64. The Morgan fingerprint density at radius 3 is 2.39 bits per heavy atom. The van der Waals surface area contributed by atoms with Gasteiger partial charge in [0.15, 0.2) is 5.57 Å². The summed E-state index contributed by atoms with van der Waals surface area (Å²) in [5.41, 5.74) is -0.285. The zero-order chi connectivity index (χ0) is 13.5. The first-order valence-corrected chi connectivity index (χ1v) is 4.71. The molecule has 0 radical (unpaired) electrons. The second-order valence-electron chi connectivity index (χ2n) is 3.06.